The number of pyridine rings is 1. The number of quaternary nitrogens is 1. The topological polar surface area (TPSA) is 60.6 Å². The first-order valence-corrected chi connectivity index (χ1v) is 4.39. The minimum atomic E-state index is 0.0500. The minimum absolute atomic E-state index is 0.0500. The molecule has 13 heavy (non-hydrogen) atoms. The van der Waals surface area contributed by atoms with Crippen LogP contribution in [0.15, 0.2) is 24.4 Å². The Kier molecular flexibility index (Phi) is 4.39. The van der Waals surface area contributed by atoms with Crippen molar-refractivity contribution < 1.29 is 10.2 Å². The molecule has 0 aliphatic rings. The summed E-state index contributed by atoms with van der Waals surface area (Å²) in [6, 6.07) is 5.29. The highest BCUT2D eigenvalue weighted by Gasteiger charge is 2.01. The van der Waals surface area contributed by atoms with Gasteiger partial charge < -0.3 is 15.4 Å². The summed E-state index contributed by atoms with van der Waals surface area (Å²) in [5.41, 5.74) is 0. The number of unbranched alkanes of at least 4 members (excludes halogenated alkanes) is 1. The van der Waals surface area contributed by atoms with Gasteiger partial charge in [0.05, 0.1) is 6.54 Å². The van der Waals surface area contributed by atoms with Crippen molar-refractivity contribution in [2.75, 3.05) is 13.2 Å². The van der Waals surface area contributed by atoms with Crippen LogP contribution in [0, 0.1) is 5.21 Å². The molecule has 0 aliphatic carbocycles. The standard InChI is InChI=1S/C9H14N2O2/c12-8-4-3-7-11(13)9-5-1-2-6-10-9/h1-2,5-6,11-12H,3-4,7-8H2. The van der Waals surface area contributed by atoms with Gasteiger partial charge in [-0.1, -0.05) is 6.07 Å². The summed E-state index contributed by atoms with van der Waals surface area (Å²) in [6.07, 6.45) is 3.02. The van der Waals surface area contributed by atoms with Crippen LogP contribution in [-0.2, 0) is 0 Å². The second-order valence-electron chi connectivity index (χ2n) is 2.82. The van der Waals surface area contributed by atoms with Crippen LogP contribution in [0.1, 0.15) is 12.8 Å². The molecule has 2 N–H and O–H groups in total. The van der Waals surface area contributed by atoms with E-state index in [1.807, 2.05) is 0 Å². The summed E-state index contributed by atoms with van der Waals surface area (Å²) in [4.78, 5) is 3.95. The lowest BCUT2D eigenvalue weighted by atomic mass is 10.3. The molecule has 1 aromatic rings. The monoisotopic (exact) mass is 182 g/mol. The normalized spacial score (nSPS) is 12.8. The Hall–Kier alpha value is -0.970. The lowest BCUT2D eigenvalue weighted by molar-refractivity contribution is -0.779. The molecule has 4 heteroatoms. The van der Waals surface area contributed by atoms with Crippen molar-refractivity contribution in [3.8, 4) is 0 Å². The smallest absolute Gasteiger partial charge is 0.225 e. The number of hydroxylamine groups is 1. The van der Waals surface area contributed by atoms with E-state index in [1.165, 1.54) is 0 Å². The summed E-state index contributed by atoms with van der Waals surface area (Å²) >= 11 is 0. The first-order chi connectivity index (χ1) is 6.34. The maximum absolute atomic E-state index is 11.4. The quantitative estimate of drug-likeness (QED) is 0.492. The van der Waals surface area contributed by atoms with Gasteiger partial charge in [-0.05, 0) is 18.9 Å². The lowest BCUT2D eigenvalue weighted by Gasteiger charge is -2.19. The van der Waals surface area contributed by atoms with Gasteiger partial charge in [0.1, 0.15) is 0 Å². The number of aliphatic hydroxyl groups is 1. The largest absolute Gasteiger partial charge is 0.628 e. The van der Waals surface area contributed by atoms with E-state index in [2.05, 4.69) is 4.98 Å². The molecule has 1 aromatic heterocycles. The highest BCUT2D eigenvalue weighted by Crippen LogP contribution is 1.92. The van der Waals surface area contributed by atoms with E-state index < -0.39 is 0 Å². The summed E-state index contributed by atoms with van der Waals surface area (Å²) in [5.74, 6) is 0.514. The molecule has 72 valence electrons. The minimum Gasteiger partial charge on any atom is -0.628 e. The van der Waals surface area contributed by atoms with Crippen molar-refractivity contribution in [2.24, 2.45) is 0 Å². The van der Waals surface area contributed by atoms with E-state index in [4.69, 9.17) is 5.11 Å². The Morgan fingerprint density at radius 1 is 1.38 bits per heavy atom. The van der Waals surface area contributed by atoms with E-state index in [9.17, 15) is 5.21 Å². The number of aliphatic hydroxyl groups excluding tert-OH is 1. The van der Waals surface area contributed by atoms with Crippen molar-refractivity contribution in [1.29, 1.82) is 0 Å². The Morgan fingerprint density at radius 3 is 2.85 bits per heavy atom. The Balaban J connectivity index is 2.35. The highest BCUT2D eigenvalue weighted by atomic mass is 16.5. The first-order valence-electron chi connectivity index (χ1n) is 4.39. The Morgan fingerprint density at radius 2 is 2.23 bits per heavy atom. The number of hydrogen-bond acceptors (Lipinski definition) is 3. The predicted octanol–water partition coefficient (Wildman–Crippen LogP) is -0.132. The summed E-state index contributed by atoms with van der Waals surface area (Å²) in [7, 11) is 0. The zero-order valence-corrected chi connectivity index (χ0v) is 7.44. The van der Waals surface area contributed by atoms with Gasteiger partial charge in [0.25, 0.3) is 0 Å². The maximum atomic E-state index is 11.4. The van der Waals surface area contributed by atoms with E-state index in [1.54, 1.807) is 24.4 Å². The molecule has 0 aliphatic heterocycles. The zero-order valence-electron chi connectivity index (χ0n) is 7.44. The Labute approximate surface area is 77.4 Å². The van der Waals surface area contributed by atoms with Gasteiger partial charge in [-0.25, -0.2) is 4.98 Å². The third-order valence-corrected chi connectivity index (χ3v) is 1.76. The number of aromatic nitrogens is 1. The fourth-order valence-corrected chi connectivity index (χ4v) is 1.05. The molecule has 0 fully saturated rings. The van der Waals surface area contributed by atoms with Gasteiger partial charge in [0.2, 0.25) is 5.82 Å². The molecule has 0 aromatic carbocycles. The molecule has 0 saturated heterocycles. The SMILES string of the molecule is [O-][NH+](CCCCO)c1ccccn1. The lowest BCUT2D eigenvalue weighted by Crippen LogP contribution is -3.02. The van der Waals surface area contributed by atoms with Gasteiger partial charge >= 0.3 is 0 Å². The predicted molar refractivity (Wildman–Crippen MR) is 49.4 cm³/mol. The van der Waals surface area contributed by atoms with Crippen molar-refractivity contribution in [2.45, 2.75) is 12.8 Å². The van der Waals surface area contributed by atoms with Crippen LogP contribution >= 0.6 is 0 Å². The molecule has 0 amide bonds. The number of nitrogens with one attached hydrogen (secondary N) is 1. The van der Waals surface area contributed by atoms with Crippen LogP contribution < -0.4 is 5.06 Å². The van der Waals surface area contributed by atoms with Crippen LogP contribution in [0.4, 0.5) is 5.82 Å². The Bertz CT molecular complexity index is 228. The van der Waals surface area contributed by atoms with Crippen LogP contribution in [0.25, 0.3) is 0 Å². The molecule has 1 rings (SSSR count). The van der Waals surface area contributed by atoms with Crippen LogP contribution in [0.5, 0.6) is 0 Å². The second kappa shape index (κ2) is 5.64. The van der Waals surface area contributed by atoms with Crippen molar-refractivity contribution in [3.05, 3.63) is 29.6 Å². The molecular weight excluding hydrogens is 168 g/mol. The summed E-state index contributed by atoms with van der Waals surface area (Å²) in [6.45, 7) is 0.618. The molecule has 0 radical (unpaired) electrons. The molecular formula is C9H14N2O2. The average molecular weight is 182 g/mol. The van der Waals surface area contributed by atoms with Gasteiger partial charge in [0.15, 0.2) is 0 Å². The third-order valence-electron chi connectivity index (χ3n) is 1.76. The second-order valence-corrected chi connectivity index (χ2v) is 2.82. The first kappa shape index (κ1) is 10.1. The number of rotatable bonds is 5. The number of hydrogen-bond donors (Lipinski definition) is 2. The molecule has 0 saturated carbocycles. The molecule has 0 spiro atoms. The fraction of sp³-hybridized carbons (Fsp3) is 0.444. The molecule has 4 nitrogen and oxygen atoms in total. The summed E-state index contributed by atoms with van der Waals surface area (Å²) < 4.78 is 0. The molecule has 0 bridgehead atoms. The van der Waals surface area contributed by atoms with Crippen molar-refractivity contribution in [3.63, 3.8) is 0 Å². The van der Waals surface area contributed by atoms with Crippen molar-refractivity contribution >= 4 is 5.82 Å². The van der Waals surface area contributed by atoms with Gasteiger partial charge in [-0.15, -0.1) is 0 Å². The van der Waals surface area contributed by atoms with Crippen LogP contribution in [0.3, 0.4) is 0 Å². The van der Waals surface area contributed by atoms with E-state index in [0.717, 1.165) is 6.42 Å². The van der Waals surface area contributed by atoms with E-state index in [0.29, 0.717) is 18.8 Å². The van der Waals surface area contributed by atoms with Crippen LogP contribution in [-0.4, -0.2) is 23.2 Å². The van der Waals surface area contributed by atoms with Crippen molar-refractivity contribution in [1.82, 2.24) is 4.98 Å². The van der Waals surface area contributed by atoms with Crippen LogP contribution in [0.2, 0.25) is 0 Å². The number of nitrogens with zero attached hydrogens (tertiary/aromatic N) is 1. The zero-order chi connectivity index (χ0) is 9.52. The van der Waals surface area contributed by atoms with Gasteiger partial charge in [0, 0.05) is 18.9 Å². The molecule has 1 atom stereocenters. The van der Waals surface area contributed by atoms with Gasteiger partial charge in [-0.2, -0.15) is 0 Å². The molecule has 1 heterocycles. The highest BCUT2D eigenvalue weighted by molar-refractivity contribution is 5.16. The van der Waals surface area contributed by atoms with E-state index >= 15 is 0 Å². The third kappa shape index (κ3) is 3.50. The molecule has 1 unspecified atom stereocenters. The average Bonchev–Trinajstić information content (AvgIpc) is 2.19. The van der Waals surface area contributed by atoms with E-state index in [-0.39, 0.29) is 11.7 Å². The fourth-order valence-electron chi connectivity index (χ4n) is 1.05. The van der Waals surface area contributed by atoms with Gasteiger partial charge in [-0.3, -0.25) is 0 Å². The summed E-state index contributed by atoms with van der Waals surface area (Å²) in [5, 5.41) is 19.9. The maximum Gasteiger partial charge on any atom is 0.225 e.